The van der Waals surface area contributed by atoms with E-state index in [4.69, 9.17) is 5.11 Å². The summed E-state index contributed by atoms with van der Waals surface area (Å²) in [6.07, 6.45) is -0.181. The Morgan fingerprint density at radius 3 is 2.47 bits per heavy atom. The van der Waals surface area contributed by atoms with Crippen LogP contribution in [0.4, 0.5) is 0 Å². The Balaban J connectivity index is 3.02. The number of para-hydroxylation sites is 1. The van der Waals surface area contributed by atoms with Crippen molar-refractivity contribution in [2.75, 3.05) is 6.54 Å². The maximum atomic E-state index is 12.2. The lowest BCUT2D eigenvalue weighted by atomic mass is 10.1. The van der Waals surface area contributed by atoms with Crippen molar-refractivity contribution in [1.29, 1.82) is 0 Å². The normalized spacial score (nSPS) is 11.9. The molecular formula is C13H17NO5. The number of nitrogens with zero attached hydrogens (tertiary/aromatic N) is 1. The summed E-state index contributed by atoms with van der Waals surface area (Å²) in [7, 11) is 0. The molecule has 0 saturated heterocycles. The van der Waals surface area contributed by atoms with Gasteiger partial charge in [0.2, 0.25) is 0 Å². The Kier molecular flexibility index (Phi) is 4.74. The summed E-state index contributed by atoms with van der Waals surface area (Å²) >= 11 is 0. The summed E-state index contributed by atoms with van der Waals surface area (Å²) in [4.78, 5) is 24.3. The van der Waals surface area contributed by atoms with E-state index in [1.807, 2.05) is 0 Å². The van der Waals surface area contributed by atoms with Crippen molar-refractivity contribution < 1.29 is 24.9 Å². The van der Waals surface area contributed by atoms with E-state index in [1.54, 1.807) is 13.8 Å². The second-order valence-electron chi connectivity index (χ2n) is 4.21. The highest BCUT2D eigenvalue weighted by molar-refractivity contribution is 5.98. The summed E-state index contributed by atoms with van der Waals surface area (Å²) in [5.41, 5.74) is -0.0425. The molecule has 0 aromatic heterocycles. The van der Waals surface area contributed by atoms with Gasteiger partial charge in [0.15, 0.2) is 11.5 Å². The minimum absolute atomic E-state index is 0.0425. The third-order valence-electron chi connectivity index (χ3n) is 2.85. The van der Waals surface area contributed by atoms with Gasteiger partial charge in [0.1, 0.15) is 0 Å². The SMILES string of the molecule is CCN(C(=O)c1cccc(O)c1O)C(C)CC(=O)O. The molecule has 0 aliphatic rings. The number of rotatable bonds is 5. The van der Waals surface area contributed by atoms with E-state index in [9.17, 15) is 19.8 Å². The molecule has 3 N–H and O–H groups in total. The van der Waals surface area contributed by atoms with Gasteiger partial charge in [-0.05, 0) is 26.0 Å². The number of carbonyl (C=O) groups excluding carboxylic acids is 1. The predicted molar refractivity (Wildman–Crippen MR) is 68.2 cm³/mol. The van der Waals surface area contributed by atoms with Gasteiger partial charge in [-0.3, -0.25) is 9.59 Å². The highest BCUT2D eigenvalue weighted by Gasteiger charge is 2.24. The van der Waals surface area contributed by atoms with Gasteiger partial charge in [-0.15, -0.1) is 0 Å². The van der Waals surface area contributed by atoms with E-state index in [0.717, 1.165) is 0 Å². The molecule has 0 bridgehead atoms. The summed E-state index contributed by atoms with van der Waals surface area (Å²) in [5.74, 6) is -2.38. The van der Waals surface area contributed by atoms with Crippen molar-refractivity contribution in [3.63, 3.8) is 0 Å². The number of carboxylic acids is 1. The molecule has 19 heavy (non-hydrogen) atoms. The molecule has 6 nitrogen and oxygen atoms in total. The maximum absolute atomic E-state index is 12.2. The Morgan fingerprint density at radius 2 is 1.95 bits per heavy atom. The van der Waals surface area contributed by atoms with Crippen LogP contribution < -0.4 is 0 Å². The molecule has 1 aromatic rings. The van der Waals surface area contributed by atoms with Gasteiger partial charge >= 0.3 is 5.97 Å². The molecule has 6 heteroatoms. The molecule has 104 valence electrons. The number of carbonyl (C=O) groups is 2. The van der Waals surface area contributed by atoms with Gasteiger partial charge in [-0.1, -0.05) is 6.07 Å². The molecule has 1 aromatic carbocycles. The molecule has 0 saturated carbocycles. The predicted octanol–water partition coefficient (Wildman–Crippen LogP) is 1.42. The maximum Gasteiger partial charge on any atom is 0.305 e. The average Bonchev–Trinajstić information content (AvgIpc) is 2.32. The summed E-state index contributed by atoms with van der Waals surface area (Å²) in [5, 5.41) is 27.8. The highest BCUT2D eigenvalue weighted by Crippen LogP contribution is 2.29. The molecule has 0 spiro atoms. The summed E-state index contributed by atoms with van der Waals surface area (Å²) in [6.45, 7) is 3.65. The van der Waals surface area contributed by atoms with Gasteiger partial charge in [0.05, 0.1) is 12.0 Å². The third-order valence-corrected chi connectivity index (χ3v) is 2.85. The van der Waals surface area contributed by atoms with Crippen LogP contribution in [-0.4, -0.2) is 44.7 Å². The smallest absolute Gasteiger partial charge is 0.305 e. The molecule has 0 fully saturated rings. The highest BCUT2D eigenvalue weighted by atomic mass is 16.4. The van der Waals surface area contributed by atoms with Gasteiger partial charge < -0.3 is 20.2 Å². The van der Waals surface area contributed by atoms with Gasteiger partial charge in [-0.25, -0.2) is 0 Å². The first kappa shape index (κ1) is 14.8. The average molecular weight is 267 g/mol. The molecule has 1 atom stereocenters. The standard InChI is InChI=1S/C13H17NO5/c1-3-14(8(2)7-11(16)17)13(19)9-5-4-6-10(15)12(9)18/h4-6,8,15,18H,3,7H2,1-2H3,(H,16,17). The van der Waals surface area contributed by atoms with Crippen molar-refractivity contribution in [3.05, 3.63) is 23.8 Å². The van der Waals surface area contributed by atoms with Crippen molar-refractivity contribution in [2.45, 2.75) is 26.3 Å². The number of carboxylic acid groups (broad SMARTS) is 1. The fraction of sp³-hybridized carbons (Fsp3) is 0.385. The fourth-order valence-corrected chi connectivity index (χ4v) is 1.88. The lowest BCUT2D eigenvalue weighted by Crippen LogP contribution is -2.39. The number of amides is 1. The van der Waals surface area contributed by atoms with E-state index in [0.29, 0.717) is 6.54 Å². The van der Waals surface area contributed by atoms with Crippen LogP contribution in [0.1, 0.15) is 30.6 Å². The van der Waals surface area contributed by atoms with E-state index in [1.165, 1.54) is 23.1 Å². The van der Waals surface area contributed by atoms with Crippen LogP contribution in [0.2, 0.25) is 0 Å². The number of phenolic OH excluding ortho intramolecular Hbond substituents is 2. The monoisotopic (exact) mass is 267 g/mol. The lowest BCUT2D eigenvalue weighted by molar-refractivity contribution is -0.138. The van der Waals surface area contributed by atoms with Crippen LogP contribution in [0.15, 0.2) is 18.2 Å². The number of benzene rings is 1. The minimum atomic E-state index is -1.00. The second kappa shape index (κ2) is 6.08. The number of hydrogen-bond donors (Lipinski definition) is 3. The molecule has 0 aliphatic carbocycles. The molecule has 0 radical (unpaired) electrons. The number of phenols is 2. The zero-order chi connectivity index (χ0) is 14.6. The van der Waals surface area contributed by atoms with Crippen molar-refractivity contribution in [1.82, 2.24) is 4.90 Å². The quantitative estimate of drug-likeness (QED) is 0.701. The Bertz CT molecular complexity index is 486. The molecular weight excluding hydrogens is 250 g/mol. The van der Waals surface area contributed by atoms with E-state index < -0.39 is 23.7 Å². The first-order valence-electron chi connectivity index (χ1n) is 5.92. The Labute approximate surface area is 110 Å². The zero-order valence-electron chi connectivity index (χ0n) is 10.8. The summed E-state index contributed by atoms with van der Waals surface area (Å²) < 4.78 is 0. The van der Waals surface area contributed by atoms with E-state index >= 15 is 0 Å². The van der Waals surface area contributed by atoms with Crippen LogP contribution in [0.3, 0.4) is 0 Å². The fourth-order valence-electron chi connectivity index (χ4n) is 1.88. The first-order valence-corrected chi connectivity index (χ1v) is 5.92. The largest absolute Gasteiger partial charge is 0.504 e. The van der Waals surface area contributed by atoms with E-state index in [-0.39, 0.29) is 17.7 Å². The lowest BCUT2D eigenvalue weighted by Gasteiger charge is -2.27. The van der Waals surface area contributed by atoms with Crippen molar-refractivity contribution in [2.24, 2.45) is 0 Å². The molecule has 0 heterocycles. The van der Waals surface area contributed by atoms with E-state index in [2.05, 4.69) is 0 Å². The molecule has 1 rings (SSSR count). The van der Waals surface area contributed by atoms with Gasteiger partial charge in [0, 0.05) is 12.6 Å². The Hall–Kier alpha value is -2.24. The molecule has 1 unspecified atom stereocenters. The van der Waals surface area contributed by atoms with Crippen LogP contribution in [0.5, 0.6) is 11.5 Å². The third kappa shape index (κ3) is 3.37. The van der Waals surface area contributed by atoms with Crippen molar-refractivity contribution in [3.8, 4) is 11.5 Å². The number of hydrogen-bond acceptors (Lipinski definition) is 4. The van der Waals surface area contributed by atoms with Gasteiger partial charge in [-0.2, -0.15) is 0 Å². The topological polar surface area (TPSA) is 98.1 Å². The first-order chi connectivity index (χ1) is 8.88. The van der Waals surface area contributed by atoms with Crippen LogP contribution in [0, 0.1) is 0 Å². The Morgan fingerprint density at radius 1 is 1.32 bits per heavy atom. The van der Waals surface area contributed by atoms with Gasteiger partial charge in [0.25, 0.3) is 5.91 Å². The van der Waals surface area contributed by atoms with Crippen LogP contribution >= 0.6 is 0 Å². The number of aliphatic carboxylic acids is 1. The summed E-state index contributed by atoms with van der Waals surface area (Å²) in [6, 6.07) is 3.59. The van der Waals surface area contributed by atoms with Crippen molar-refractivity contribution >= 4 is 11.9 Å². The second-order valence-corrected chi connectivity index (χ2v) is 4.21. The molecule has 0 aliphatic heterocycles. The number of aromatic hydroxyl groups is 2. The van der Waals surface area contributed by atoms with Crippen LogP contribution in [0.25, 0.3) is 0 Å². The molecule has 1 amide bonds. The zero-order valence-corrected chi connectivity index (χ0v) is 10.8. The minimum Gasteiger partial charge on any atom is -0.504 e. The van der Waals surface area contributed by atoms with Crippen LogP contribution in [-0.2, 0) is 4.79 Å².